The first kappa shape index (κ1) is 20.3. The number of hydrogen-bond donors (Lipinski definition) is 1. The summed E-state index contributed by atoms with van der Waals surface area (Å²) in [4.78, 5) is 0. The molecule has 5 rings (SSSR count). The zero-order valence-corrected chi connectivity index (χ0v) is 17.9. The fraction of sp³-hybridized carbons (Fsp3) is 0.222. The number of fused-ring (bicyclic) bond motifs is 1. The summed E-state index contributed by atoms with van der Waals surface area (Å²) in [7, 11) is 0. The summed E-state index contributed by atoms with van der Waals surface area (Å²) < 4.78 is 22.2. The smallest absolute Gasteiger partial charge is 0.133 e. The minimum absolute atomic E-state index is 0.183. The molecule has 0 unspecified atom stereocenters. The maximum absolute atomic E-state index is 14.3. The normalized spacial score (nSPS) is 13.2. The van der Waals surface area contributed by atoms with E-state index in [0.29, 0.717) is 18.6 Å². The Hall–Kier alpha value is -3.60. The molecule has 0 radical (unpaired) electrons. The van der Waals surface area contributed by atoms with Gasteiger partial charge in [0, 0.05) is 18.5 Å². The second-order valence-corrected chi connectivity index (χ2v) is 8.11. The lowest BCUT2D eigenvalue weighted by Crippen LogP contribution is -2.07. The Bertz CT molecular complexity index is 1190. The first-order valence-corrected chi connectivity index (χ1v) is 11.1. The van der Waals surface area contributed by atoms with Gasteiger partial charge in [0.25, 0.3) is 0 Å². The highest BCUT2D eigenvalue weighted by Gasteiger charge is 2.21. The van der Waals surface area contributed by atoms with Crippen LogP contribution >= 0.6 is 0 Å². The zero-order valence-electron chi connectivity index (χ0n) is 17.9. The molecule has 4 nitrogen and oxygen atoms in total. The van der Waals surface area contributed by atoms with E-state index in [9.17, 15) is 4.39 Å². The fourth-order valence-electron chi connectivity index (χ4n) is 4.15. The van der Waals surface area contributed by atoms with Crippen molar-refractivity contribution in [1.82, 2.24) is 9.78 Å². The summed E-state index contributed by atoms with van der Waals surface area (Å²) in [6.45, 7) is 1.45. The van der Waals surface area contributed by atoms with Crippen LogP contribution in [0.5, 0.6) is 5.75 Å². The van der Waals surface area contributed by atoms with E-state index in [-0.39, 0.29) is 5.82 Å². The molecule has 32 heavy (non-hydrogen) atoms. The molecule has 4 aromatic rings. The molecule has 0 bridgehead atoms. The Morgan fingerprint density at radius 3 is 2.50 bits per heavy atom. The SMILES string of the molecule is Fc1ccccc1Cc1nn(-c2ccc(OCc3ccccc3)cc2)c2c1CCCCN2. The summed E-state index contributed by atoms with van der Waals surface area (Å²) in [6.07, 6.45) is 3.65. The van der Waals surface area contributed by atoms with E-state index in [0.717, 1.165) is 54.3 Å². The maximum atomic E-state index is 14.3. The van der Waals surface area contributed by atoms with E-state index in [1.807, 2.05) is 59.3 Å². The minimum Gasteiger partial charge on any atom is -0.489 e. The summed E-state index contributed by atoms with van der Waals surface area (Å²) >= 11 is 0. The van der Waals surface area contributed by atoms with Gasteiger partial charge in [-0.1, -0.05) is 48.5 Å². The van der Waals surface area contributed by atoms with E-state index >= 15 is 0 Å². The van der Waals surface area contributed by atoms with Gasteiger partial charge >= 0.3 is 0 Å². The summed E-state index contributed by atoms with van der Waals surface area (Å²) in [5.41, 5.74) is 4.89. The molecule has 0 atom stereocenters. The van der Waals surface area contributed by atoms with Crippen LogP contribution in [0.25, 0.3) is 5.69 Å². The molecule has 1 aliphatic rings. The van der Waals surface area contributed by atoms with Crippen LogP contribution in [-0.2, 0) is 19.4 Å². The van der Waals surface area contributed by atoms with Crippen molar-refractivity contribution in [2.75, 3.05) is 11.9 Å². The average molecular weight is 428 g/mol. The molecule has 162 valence electrons. The molecular formula is C27H26FN3O. The van der Waals surface area contributed by atoms with Crippen LogP contribution in [0.4, 0.5) is 10.2 Å². The molecule has 0 aliphatic carbocycles. The van der Waals surface area contributed by atoms with Crippen LogP contribution in [0.1, 0.15) is 35.2 Å². The Labute approximate surface area is 187 Å². The van der Waals surface area contributed by atoms with Gasteiger partial charge in [0.05, 0.1) is 11.4 Å². The van der Waals surface area contributed by atoms with Crippen LogP contribution in [0.3, 0.4) is 0 Å². The van der Waals surface area contributed by atoms with Crippen LogP contribution in [0.2, 0.25) is 0 Å². The number of benzene rings is 3. The van der Waals surface area contributed by atoms with Gasteiger partial charge in [0.2, 0.25) is 0 Å². The van der Waals surface area contributed by atoms with E-state index < -0.39 is 0 Å². The number of aromatic nitrogens is 2. The third kappa shape index (κ3) is 4.37. The topological polar surface area (TPSA) is 39.1 Å². The van der Waals surface area contributed by atoms with Crippen molar-refractivity contribution >= 4 is 5.82 Å². The Morgan fingerprint density at radius 1 is 0.906 bits per heavy atom. The lowest BCUT2D eigenvalue weighted by atomic mass is 10.0. The molecular weight excluding hydrogens is 401 g/mol. The van der Waals surface area contributed by atoms with Crippen LogP contribution in [0.15, 0.2) is 78.9 Å². The van der Waals surface area contributed by atoms with Crippen molar-refractivity contribution in [1.29, 1.82) is 0 Å². The monoisotopic (exact) mass is 427 g/mol. The van der Waals surface area contributed by atoms with E-state index in [4.69, 9.17) is 9.84 Å². The molecule has 0 saturated heterocycles. The third-order valence-electron chi connectivity index (χ3n) is 5.86. The van der Waals surface area contributed by atoms with Crippen molar-refractivity contribution < 1.29 is 9.13 Å². The van der Waals surface area contributed by atoms with Gasteiger partial charge in [-0.2, -0.15) is 5.10 Å². The van der Waals surface area contributed by atoms with Crippen LogP contribution in [-0.4, -0.2) is 16.3 Å². The molecule has 1 N–H and O–H groups in total. The average Bonchev–Trinajstić information content (AvgIpc) is 3.00. The molecule has 1 aromatic heterocycles. The summed E-state index contributed by atoms with van der Waals surface area (Å²) in [5.74, 6) is 1.65. The van der Waals surface area contributed by atoms with Gasteiger partial charge in [-0.25, -0.2) is 9.07 Å². The van der Waals surface area contributed by atoms with Crippen molar-refractivity contribution in [3.63, 3.8) is 0 Å². The van der Waals surface area contributed by atoms with E-state index in [2.05, 4.69) is 17.4 Å². The number of rotatable bonds is 6. The Morgan fingerprint density at radius 2 is 1.69 bits per heavy atom. The zero-order chi connectivity index (χ0) is 21.8. The number of halogens is 1. The number of nitrogens with zero attached hydrogens (tertiary/aromatic N) is 2. The van der Waals surface area contributed by atoms with Gasteiger partial charge < -0.3 is 10.1 Å². The quantitative estimate of drug-likeness (QED) is 0.415. The number of anilines is 1. The predicted octanol–water partition coefficient (Wildman–Crippen LogP) is 5.93. The molecule has 0 saturated carbocycles. The van der Waals surface area contributed by atoms with Gasteiger partial charge in [0.1, 0.15) is 24.0 Å². The van der Waals surface area contributed by atoms with E-state index in [1.54, 1.807) is 6.07 Å². The first-order chi connectivity index (χ1) is 15.8. The predicted molar refractivity (Wildman–Crippen MR) is 125 cm³/mol. The van der Waals surface area contributed by atoms with Gasteiger partial charge in [-0.3, -0.25) is 0 Å². The maximum Gasteiger partial charge on any atom is 0.133 e. The lowest BCUT2D eigenvalue weighted by Gasteiger charge is -2.11. The first-order valence-electron chi connectivity index (χ1n) is 11.1. The Kier molecular flexibility index (Phi) is 5.88. The van der Waals surface area contributed by atoms with Gasteiger partial charge in [0.15, 0.2) is 0 Å². The largest absolute Gasteiger partial charge is 0.489 e. The number of hydrogen-bond acceptors (Lipinski definition) is 3. The van der Waals surface area contributed by atoms with Crippen molar-refractivity contribution in [3.8, 4) is 11.4 Å². The summed E-state index contributed by atoms with van der Waals surface area (Å²) in [5, 5.41) is 8.46. The molecule has 5 heteroatoms. The van der Waals surface area contributed by atoms with Crippen LogP contribution in [0, 0.1) is 5.82 Å². The van der Waals surface area contributed by atoms with Crippen molar-refractivity contribution in [2.24, 2.45) is 0 Å². The molecule has 1 aliphatic heterocycles. The minimum atomic E-state index is -0.183. The highest BCUT2D eigenvalue weighted by molar-refractivity contribution is 5.55. The molecule has 2 heterocycles. The van der Waals surface area contributed by atoms with Crippen LogP contribution < -0.4 is 10.1 Å². The molecule has 0 spiro atoms. The third-order valence-corrected chi connectivity index (χ3v) is 5.86. The lowest BCUT2D eigenvalue weighted by molar-refractivity contribution is 0.306. The second kappa shape index (κ2) is 9.27. The van der Waals surface area contributed by atoms with Gasteiger partial charge in [-0.15, -0.1) is 0 Å². The number of ether oxygens (including phenoxy) is 1. The van der Waals surface area contributed by atoms with Gasteiger partial charge in [-0.05, 0) is 60.7 Å². The molecule has 0 fully saturated rings. The summed E-state index contributed by atoms with van der Waals surface area (Å²) in [6, 6.07) is 25.1. The fourth-order valence-corrected chi connectivity index (χ4v) is 4.15. The number of nitrogens with one attached hydrogen (secondary N) is 1. The highest BCUT2D eigenvalue weighted by atomic mass is 19.1. The standard InChI is InChI=1S/C27H26FN3O/c28-25-12-5-4-10-21(25)18-26-24-11-6-7-17-29-27(24)31(30-26)22-13-15-23(16-14-22)32-19-20-8-2-1-3-9-20/h1-5,8-10,12-16,29H,6-7,11,17-19H2. The Balaban J connectivity index is 1.41. The highest BCUT2D eigenvalue weighted by Crippen LogP contribution is 2.30. The molecule has 3 aromatic carbocycles. The van der Waals surface area contributed by atoms with Crippen molar-refractivity contribution in [2.45, 2.75) is 32.3 Å². The van der Waals surface area contributed by atoms with Crippen molar-refractivity contribution in [3.05, 3.63) is 107 Å². The second-order valence-electron chi connectivity index (χ2n) is 8.11. The van der Waals surface area contributed by atoms with E-state index in [1.165, 1.54) is 11.6 Å². The molecule has 0 amide bonds.